The van der Waals surface area contributed by atoms with E-state index in [9.17, 15) is 4.79 Å². The van der Waals surface area contributed by atoms with Crippen LogP contribution in [0.3, 0.4) is 0 Å². The van der Waals surface area contributed by atoms with Crippen LogP contribution in [0.2, 0.25) is 5.02 Å². The molecule has 0 saturated carbocycles. The zero-order valence-corrected chi connectivity index (χ0v) is 15.2. The fourth-order valence-electron chi connectivity index (χ4n) is 2.79. The third kappa shape index (κ3) is 4.01. The van der Waals surface area contributed by atoms with E-state index in [-0.39, 0.29) is 12.2 Å². The monoisotopic (exact) mass is 382 g/mol. The Morgan fingerprint density at radius 3 is 2.89 bits per heavy atom. The molecule has 0 fully saturated rings. The molecule has 136 valence electrons. The molecule has 0 atom stereocenters. The molecule has 0 saturated heterocycles. The molecule has 2 aromatic heterocycles. The van der Waals surface area contributed by atoms with E-state index in [2.05, 4.69) is 10.1 Å². The maximum Gasteiger partial charge on any atom is 0.336 e. The summed E-state index contributed by atoms with van der Waals surface area (Å²) in [6, 6.07) is 14.3. The van der Waals surface area contributed by atoms with E-state index in [1.165, 1.54) is 6.07 Å². The van der Waals surface area contributed by atoms with E-state index >= 15 is 0 Å². The number of benzene rings is 2. The van der Waals surface area contributed by atoms with Crippen LogP contribution in [0, 0.1) is 6.92 Å². The first kappa shape index (κ1) is 17.3. The second-order valence-corrected chi connectivity index (χ2v) is 6.54. The van der Waals surface area contributed by atoms with Crippen molar-refractivity contribution < 1.29 is 13.7 Å². The second-order valence-electron chi connectivity index (χ2n) is 6.11. The van der Waals surface area contributed by atoms with Gasteiger partial charge in [0.05, 0.1) is 0 Å². The molecule has 2 aromatic carbocycles. The van der Waals surface area contributed by atoms with E-state index in [1.807, 2.05) is 37.3 Å². The number of nitrogens with zero attached hydrogens (tertiary/aromatic N) is 2. The summed E-state index contributed by atoms with van der Waals surface area (Å²) in [4.78, 5) is 15.8. The van der Waals surface area contributed by atoms with Crippen LogP contribution < -0.4 is 10.4 Å². The van der Waals surface area contributed by atoms with Gasteiger partial charge in [0.25, 0.3) is 5.89 Å². The summed E-state index contributed by atoms with van der Waals surface area (Å²) in [6.45, 7) is 1.98. The third-order valence-corrected chi connectivity index (χ3v) is 4.28. The number of aromatic nitrogens is 2. The van der Waals surface area contributed by atoms with E-state index < -0.39 is 0 Å². The van der Waals surface area contributed by atoms with E-state index in [1.54, 1.807) is 12.1 Å². The molecular formula is C20H15ClN2O4. The number of hydrogen-bond acceptors (Lipinski definition) is 6. The van der Waals surface area contributed by atoms with Gasteiger partial charge in [0, 0.05) is 29.0 Å². The molecule has 0 aliphatic heterocycles. The lowest BCUT2D eigenvalue weighted by Gasteiger charge is -2.05. The SMILES string of the molecule is Cc1cc(=O)oc2cc(OCc3nc(Cc4cccc(Cl)c4)no3)ccc12. The highest BCUT2D eigenvalue weighted by molar-refractivity contribution is 6.30. The van der Waals surface area contributed by atoms with Gasteiger partial charge in [-0.05, 0) is 42.3 Å². The molecule has 0 spiro atoms. The Balaban J connectivity index is 1.45. The fraction of sp³-hybridized carbons (Fsp3) is 0.150. The maximum atomic E-state index is 11.5. The van der Waals surface area contributed by atoms with Crippen LogP contribution in [0.15, 0.2) is 62.3 Å². The summed E-state index contributed by atoms with van der Waals surface area (Å²) < 4.78 is 16.1. The second kappa shape index (κ2) is 7.25. The van der Waals surface area contributed by atoms with Gasteiger partial charge in [-0.1, -0.05) is 28.9 Å². The Hall–Kier alpha value is -3.12. The van der Waals surface area contributed by atoms with Crippen molar-refractivity contribution in [2.45, 2.75) is 20.0 Å². The van der Waals surface area contributed by atoms with Gasteiger partial charge in [0.15, 0.2) is 12.4 Å². The van der Waals surface area contributed by atoms with Crippen LogP contribution in [0.1, 0.15) is 22.8 Å². The van der Waals surface area contributed by atoms with Gasteiger partial charge in [-0.2, -0.15) is 4.98 Å². The number of hydrogen-bond donors (Lipinski definition) is 0. The van der Waals surface area contributed by atoms with Crippen molar-refractivity contribution >= 4 is 22.6 Å². The Labute approximate surface area is 159 Å². The van der Waals surface area contributed by atoms with E-state index in [0.717, 1.165) is 16.5 Å². The van der Waals surface area contributed by atoms with Gasteiger partial charge in [-0.3, -0.25) is 0 Å². The van der Waals surface area contributed by atoms with E-state index in [4.69, 9.17) is 25.3 Å². The molecule has 0 radical (unpaired) electrons. The van der Waals surface area contributed by atoms with Gasteiger partial charge in [-0.15, -0.1) is 0 Å². The van der Waals surface area contributed by atoms with Crippen LogP contribution in [-0.4, -0.2) is 10.1 Å². The summed E-state index contributed by atoms with van der Waals surface area (Å²) in [5, 5.41) is 5.49. The van der Waals surface area contributed by atoms with Gasteiger partial charge >= 0.3 is 5.63 Å². The van der Waals surface area contributed by atoms with Crippen LogP contribution in [0.4, 0.5) is 0 Å². The topological polar surface area (TPSA) is 78.4 Å². The molecule has 4 rings (SSSR count). The predicted octanol–water partition coefficient (Wildman–Crippen LogP) is 4.31. The minimum absolute atomic E-state index is 0.115. The standard InChI is InChI=1S/C20H15ClN2O4/c1-12-7-20(24)26-17-10-15(5-6-16(12)17)25-11-19-22-18(23-27-19)9-13-3-2-4-14(21)8-13/h2-8,10H,9,11H2,1H3. The number of aryl methyl sites for hydroxylation is 1. The van der Waals surface area contributed by atoms with Crippen molar-refractivity contribution in [3.8, 4) is 5.75 Å². The maximum absolute atomic E-state index is 11.5. The summed E-state index contributed by atoms with van der Waals surface area (Å²) in [5.74, 6) is 1.46. The van der Waals surface area contributed by atoms with Crippen LogP contribution >= 0.6 is 11.6 Å². The highest BCUT2D eigenvalue weighted by Crippen LogP contribution is 2.23. The van der Waals surface area contributed by atoms with Crippen molar-refractivity contribution in [2.24, 2.45) is 0 Å². The molecule has 27 heavy (non-hydrogen) atoms. The summed E-state index contributed by atoms with van der Waals surface area (Å²) >= 11 is 5.98. The predicted molar refractivity (Wildman–Crippen MR) is 100 cm³/mol. The lowest BCUT2D eigenvalue weighted by atomic mass is 10.1. The first-order chi connectivity index (χ1) is 13.1. The van der Waals surface area contributed by atoms with Gasteiger partial charge in [0.2, 0.25) is 0 Å². The zero-order valence-electron chi connectivity index (χ0n) is 14.4. The van der Waals surface area contributed by atoms with Gasteiger partial charge < -0.3 is 13.7 Å². The molecule has 4 aromatic rings. The molecule has 7 heteroatoms. The Bertz CT molecular complexity index is 1170. The normalized spacial score (nSPS) is 11.0. The molecule has 0 N–H and O–H groups in total. The lowest BCUT2D eigenvalue weighted by molar-refractivity contribution is 0.242. The molecular weight excluding hydrogens is 368 g/mol. The van der Waals surface area contributed by atoms with Crippen LogP contribution in [-0.2, 0) is 13.0 Å². The van der Waals surface area contributed by atoms with Crippen molar-refractivity contribution in [3.05, 3.63) is 86.8 Å². The fourth-order valence-corrected chi connectivity index (χ4v) is 3.00. The average Bonchev–Trinajstić information content (AvgIpc) is 3.07. The van der Waals surface area contributed by atoms with Crippen molar-refractivity contribution in [3.63, 3.8) is 0 Å². The smallest absolute Gasteiger partial charge is 0.336 e. The molecule has 2 heterocycles. The molecule has 6 nitrogen and oxygen atoms in total. The van der Waals surface area contributed by atoms with Crippen molar-refractivity contribution in [1.29, 1.82) is 0 Å². The highest BCUT2D eigenvalue weighted by Gasteiger charge is 2.09. The first-order valence-electron chi connectivity index (χ1n) is 8.30. The third-order valence-electron chi connectivity index (χ3n) is 4.05. The van der Waals surface area contributed by atoms with Crippen molar-refractivity contribution in [1.82, 2.24) is 10.1 Å². The quantitative estimate of drug-likeness (QED) is 0.479. The lowest BCUT2D eigenvalue weighted by Crippen LogP contribution is -1.99. The van der Waals surface area contributed by atoms with Crippen molar-refractivity contribution in [2.75, 3.05) is 0 Å². The minimum Gasteiger partial charge on any atom is -0.484 e. The average molecular weight is 383 g/mol. The van der Waals surface area contributed by atoms with Crippen LogP contribution in [0.25, 0.3) is 11.0 Å². The van der Waals surface area contributed by atoms with E-state index in [0.29, 0.717) is 34.5 Å². The minimum atomic E-state index is -0.389. The molecule has 0 aliphatic rings. The molecule has 0 aliphatic carbocycles. The van der Waals surface area contributed by atoms with Crippen LogP contribution in [0.5, 0.6) is 5.75 Å². The summed E-state index contributed by atoms with van der Waals surface area (Å²) in [5.41, 5.74) is 1.94. The number of fused-ring (bicyclic) bond motifs is 1. The Kier molecular flexibility index (Phi) is 4.64. The number of ether oxygens (including phenoxy) is 1. The summed E-state index contributed by atoms with van der Waals surface area (Å²) in [7, 11) is 0. The largest absolute Gasteiger partial charge is 0.484 e. The number of halogens is 1. The zero-order chi connectivity index (χ0) is 18.8. The van der Waals surface area contributed by atoms with Gasteiger partial charge in [0.1, 0.15) is 11.3 Å². The first-order valence-corrected chi connectivity index (χ1v) is 8.68. The molecule has 0 unspecified atom stereocenters. The molecule has 0 bridgehead atoms. The number of rotatable bonds is 5. The Morgan fingerprint density at radius 1 is 1.15 bits per heavy atom. The Morgan fingerprint density at radius 2 is 2.04 bits per heavy atom. The molecule has 0 amide bonds. The highest BCUT2D eigenvalue weighted by atomic mass is 35.5. The van der Waals surface area contributed by atoms with Gasteiger partial charge in [-0.25, -0.2) is 4.79 Å². The summed E-state index contributed by atoms with van der Waals surface area (Å²) in [6.07, 6.45) is 0.518.